The smallest absolute Gasteiger partial charge is 0.328 e. The number of methoxy groups -OCH3 is 1. The number of anilines is 2. The van der Waals surface area contributed by atoms with E-state index in [-0.39, 0.29) is 11.7 Å². The summed E-state index contributed by atoms with van der Waals surface area (Å²) in [7, 11) is 1.51. The first-order chi connectivity index (χ1) is 18.8. The van der Waals surface area contributed by atoms with Gasteiger partial charge in [-0.25, -0.2) is 14.2 Å². The zero-order chi connectivity index (χ0) is 27.9. The van der Waals surface area contributed by atoms with Crippen molar-refractivity contribution >= 4 is 44.2 Å². The van der Waals surface area contributed by atoms with Gasteiger partial charge in [-0.1, -0.05) is 56.7 Å². The molecule has 1 aromatic heterocycles. The molecule has 0 aliphatic carbocycles. The largest absolute Gasteiger partial charge is 0.496 e. The van der Waals surface area contributed by atoms with Crippen molar-refractivity contribution < 1.29 is 23.5 Å². The van der Waals surface area contributed by atoms with Gasteiger partial charge in [-0.2, -0.15) is 0 Å². The van der Waals surface area contributed by atoms with Crippen molar-refractivity contribution in [3.05, 3.63) is 72.0 Å². The lowest BCUT2D eigenvalue weighted by Gasteiger charge is -2.21. The Balaban J connectivity index is 1.46. The molecule has 3 aromatic carbocycles. The summed E-state index contributed by atoms with van der Waals surface area (Å²) in [5, 5.41) is 6.74. The van der Waals surface area contributed by atoms with Gasteiger partial charge in [-0.3, -0.25) is 4.79 Å². The molecule has 9 heteroatoms. The summed E-state index contributed by atoms with van der Waals surface area (Å²) in [6.45, 7) is 6.08. The number of carbonyl (C=O) groups excluding carboxylic acids is 2. The molecule has 4 aromatic rings. The zero-order valence-electron chi connectivity index (χ0n) is 22.4. The lowest BCUT2D eigenvalue weighted by atomic mass is 10.0. The van der Waals surface area contributed by atoms with Gasteiger partial charge < -0.3 is 20.1 Å². The summed E-state index contributed by atoms with van der Waals surface area (Å²) < 4.78 is 25.1. The van der Waals surface area contributed by atoms with Gasteiger partial charge in [0.15, 0.2) is 5.13 Å². The number of esters is 1. The summed E-state index contributed by atoms with van der Waals surface area (Å²) in [5.74, 6) is -0.861. The van der Waals surface area contributed by atoms with E-state index in [2.05, 4.69) is 15.6 Å². The molecular weight excluding hydrogens is 517 g/mol. The first-order valence-electron chi connectivity index (χ1n) is 12.9. The topological polar surface area (TPSA) is 89.5 Å². The molecule has 0 radical (unpaired) electrons. The van der Waals surface area contributed by atoms with Crippen molar-refractivity contribution in [3.8, 4) is 16.9 Å². The van der Waals surface area contributed by atoms with Crippen LogP contribution < -0.4 is 15.4 Å². The summed E-state index contributed by atoms with van der Waals surface area (Å²) in [6, 6.07) is 16.8. The molecule has 0 aliphatic rings. The van der Waals surface area contributed by atoms with Crippen LogP contribution in [0.2, 0.25) is 0 Å². The van der Waals surface area contributed by atoms with Crippen LogP contribution in [0, 0.1) is 11.7 Å². The van der Waals surface area contributed by atoms with Crippen molar-refractivity contribution in [2.45, 2.75) is 39.7 Å². The van der Waals surface area contributed by atoms with Gasteiger partial charge in [0.25, 0.3) is 5.91 Å². The second-order valence-electron chi connectivity index (χ2n) is 9.46. The Morgan fingerprint density at radius 2 is 1.77 bits per heavy atom. The van der Waals surface area contributed by atoms with E-state index in [4.69, 9.17) is 9.47 Å². The number of thiazole rings is 1. The Hall–Kier alpha value is -3.98. The molecular formula is C30H32FN3O4S. The molecule has 39 heavy (non-hydrogen) atoms. The number of nitrogens with one attached hydrogen (secondary N) is 2. The van der Waals surface area contributed by atoms with Gasteiger partial charge in [0, 0.05) is 5.69 Å². The van der Waals surface area contributed by atoms with E-state index in [1.54, 1.807) is 18.2 Å². The second kappa shape index (κ2) is 12.7. The highest BCUT2D eigenvalue weighted by Crippen LogP contribution is 2.31. The van der Waals surface area contributed by atoms with Gasteiger partial charge >= 0.3 is 5.97 Å². The molecule has 0 saturated heterocycles. The Kier molecular flexibility index (Phi) is 9.14. The normalized spacial score (nSPS) is 11.8. The van der Waals surface area contributed by atoms with Crippen LogP contribution in [-0.2, 0) is 9.53 Å². The predicted molar refractivity (Wildman–Crippen MR) is 153 cm³/mol. The number of amides is 1. The summed E-state index contributed by atoms with van der Waals surface area (Å²) in [6.07, 6.45) is 1.69. The number of aromatic nitrogens is 1. The average molecular weight is 550 g/mol. The van der Waals surface area contributed by atoms with E-state index in [1.165, 1.54) is 30.6 Å². The van der Waals surface area contributed by atoms with Crippen molar-refractivity contribution in [1.82, 2.24) is 10.3 Å². The van der Waals surface area contributed by atoms with Crippen molar-refractivity contribution in [3.63, 3.8) is 0 Å². The number of hydrogen-bond acceptors (Lipinski definition) is 7. The highest BCUT2D eigenvalue weighted by Gasteiger charge is 2.27. The molecule has 1 amide bonds. The molecule has 0 bridgehead atoms. The molecule has 0 unspecified atom stereocenters. The molecule has 4 rings (SSSR count). The molecule has 7 nitrogen and oxygen atoms in total. The van der Waals surface area contributed by atoms with Gasteiger partial charge in [-0.15, -0.1) is 0 Å². The van der Waals surface area contributed by atoms with Gasteiger partial charge in [0.1, 0.15) is 17.6 Å². The van der Waals surface area contributed by atoms with Crippen LogP contribution in [0.1, 0.15) is 44.0 Å². The minimum atomic E-state index is -0.756. The average Bonchev–Trinajstić information content (AvgIpc) is 3.32. The quantitative estimate of drug-likeness (QED) is 0.155. The van der Waals surface area contributed by atoms with Crippen molar-refractivity contribution in [1.29, 1.82) is 0 Å². The maximum Gasteiger partial charge on any atom is 0.328 e. The highest BCUT2D eigenvalue weighted by molar-refractivity contribution is 7.22. The fourth-order valence-electron chi connectivity index (χ4n) is 4.00. The maximum atomic E-state index is 13.5. The van der Waals surface area contributed by atoms with Gasteiger partial charge in [0.2, 0.25) is 0 Å². The van der Waals surface area contributed by atoms with Crippen molar-refractivity contribution in [2.24, 2.45) is 5.92 Å². The third kappa shape index (κ3) is 6.92. The van der Waals surface area contributed by atoms with E-state index in [9.17, 15) is 14.0 Å². The molecule has 0 aliphatic heterocycles. The number of unbranched alkanes of at least 4 members (excludes halogenated alkanes) is 1. The number of carbonyl (C=O) groups is 2. The minimum Gasteiger partial charge on any atom is -0.496 e. The number of benzene rings is 3. The first kappa shape index (κ1) is 28.0. The van der Waals surface area contributed by atoms with Crippen LogP contribution in [0.25, 0.3) is 21.3 Å². The lowest BCUT2D eigenvalue weighted by molar-refractivity contribution is -0.147. The Morgan fingerprint density at radius 1 is 1.03 bits per heavy atom. The molecule has 204 valence electrons. The second-order valence-corrected chi connectivity index (χ2v) is 10.5. The van der Waals surface area contributed by atoms with E-state index < -0.39 is 17.9 Å². The first-order valence-corrected chi connectivity index (χ1v) is 13.7. The van der Waals surface area contributed by atoms with Gasteiger partial charge in [0.05, 0.1) is 29.5 Å². The number of fused-ring (bicyclic) bond motifs is 1. The summed E-state index contributed by atoms with van der Waals surface area (Å²) in [5.41, 5.74) is 3.71. The van der Waals surface area contributed by atoms with E-state index in [0.717, 1.165) is 39.9 Å². The van der Waals surface area contributed by atoms with Crippen LogP contribution in [-0.4, -0.2) is 36.6 Å². The zero-order valence-corrected chi connectivity index (χ0v) is 23.2. The third-order valence-corrected chi connectivity index (χ3v) is 7.15. The number of rotatable bonds is 11. The highest BCUT2D eigenvalue weighted by atomic mass is 32.1. The van der Waals surface area contributed by atoms with Crippen LogP contribution in [0.5, 0.6) is 5.75 Å². The summed E-state index contributed by atoms with van der Waals surface area (Å²) >= 11 is 1.38. The van der Waals surface area contributed by atoms with Crippen LogP contribution in [0.3, 0.4) is 0 Å². The Morgan fingerprint density at radius 3 is 2.46 bits per heavy atom. The van der Waals surface area contributed by atoms with E-state index in [0.29, 0.717) is 23.1 Å². The lowest BCUT2D eigenvalue weighted by Crippen LogP contribution is -2.45. The van der Waals surface area contributed by atoms with Crippen LogP contribution >= 0.6 is 11.3 Å². The van der Waals surface area contributed by atoms with Crippen molar-refractivity contribution in [2.75, 3.05) is 19.0 Å². The molecule has 1 atom stereocenters. The van der Waals surface area contributed by atoms with Crippen LogP contribution in [0.4, 0.5) is 15.2 Å². The van der Waals surface area contributed by atoms with Gasteiger partial charge in [-0.05, 0) is 65.9 Å². The number of halogens is 1. The fraction of sp³-hybridized carbons (Fsp3) is 0.300. The number of nitrogens with zero attached hydrogens (tertiary/aromatic N) is 1. The molecule has 0 spiro atoms. The minimum absolute atomic E-state index is 0.135. The fourth-order valence-corrected chi connectivity index (χ4v) is 4.91. The number of hydrogen-bond donors (Lipinski definition) is 2. The SMILES string of the molecule is CCCCOC(=O)[C@@H](NC(=O)c1ccc(-c2ccc(Nc3nc4ccc(F)cc4s3)cc2)cc1OC)C(C)C. The molecule has 1 heterocycles. The van der Waals surface area contributed by atoms with E-state index >= 15 is 0 Å². The predicted octanol–water partition coefficient (Wildman–Crippen LogP) is 6.95. The standard InChI is InChI=1S/C30H32FN3O4S/c1-5-6-15-38-29(36)27(18(2)3)34-28(35)23-13-9-20(16-25(23)37-4)19-7-11-22(12-8-19)32-30-33-24-14-10-21(31)17-26(24)39-30/h7-14,16-18,27H,5-6,15H2,1-4H3,(H,32,33)(H,34,35)/t27-/m0/s1. The Labute approximate surface area is 231 Å². The summed E-state index contributed by atoms with van der Waals surface area (Å²) in [4.78, 5) is 30.1. The monoisotopic (exact) mass is 549 g/mol. The maximum absolute atomic E-state index is 13.5. The third-order valence-electron chi connectivity index (χ3n) is 6.22. The molecule has 0 saturated carbocycles. The molecule has 2 N–H and O–H groups in total. The Bertz CT molecular complexity index is 1450. The van der Waals surface area contributed by atoms with E-state index in [1.807, 2.05) is 51.1 Å². The number of ether oxygens (including phenoxy) is 2. The molecule has 0 fully saturated rings. The van der Waals surface area contributed by atoms with Crippen LogP contribution in [0.15, 0.2) is 60.7 Å².